The van der Waals surface area contributed by atoms with Gasteiger partial charge in [0.1, 0.15) is 5.69 Å². The molecule has 18 heavy (non-hydrogen) atoms. The molecule has 0 saturated carbocycles. The Morgan fingerprint density at radius 2 is 2.00 bits per heavy atom. The predicted molar refractivity (Wildman–Crippen MR) is 70.9 cm³/mol. The number of aromatic nitrogens is 1. The van der Waals surface area contributed by atoms with Crippen molar-refractivity contribution < 1.29 is 9.90 Å². The second kappa shape index (κ2) is 4.63. The number of carboxylic acid groups (broad SMARTS) is 1. The summed E-state index contributed by atoms with van der Waals surface area (Å²) in [4.78, 5) is 23.0. The van der Waals surface area contributed by atoms with E-state index in [-0.39, 0.29) is 16.1 Å². The molecule has 0 aliphatic heterocycles. The Morgan fingerprint density at radius 3 is 2.56 bits per heavy atom. The van der Waals surface area contributed by atoms with Crippen molar-refractivity contribution in [2.75, 3.05) is 0 Å². The number of hydrogen-bond donors (Lipinski definition) is 1. The molecule has 0 aliphatic rings. The summed E-state index contributed by atoms with van der Waals surface area (Å²) in [6.45, 7) is 2.18. The third kappa shape index (κ3) is 1.98. The first-order valence-electron chi connectivity index (χ1n) is 5.21. The number of benzene rings is 1. The summed E-state index contributed by atoms with van der Waals surface area (Å²) in [7, 11) is 0. The summed E-state index contributed by atoms with van der Waals surface area (Å²) >= 11 is 11.9. The second-order valence-corrected chi connectivity index (χ2v) is 4.57. The molecule has 0 spiro atoms. The van der Waals surface area contributed by atoms with Gasteiger partial charge in [-0.25, -0.2) is 4.79 Å². The first-order valence-corrected chi connectivity index (χ1v) is 5.97. The van der Waals surface area contributed by atoms with Crippen LogP contribution in [0, 0.1) is 0 Å². The van der Waals surface area contributed by atoms with E-state index in [0.29, 0.717) is 17.1 Å². The van der Waals surface area contributed by atoms with Gasteiger partial charge in [-0.3, -0.25) is 4.79 Å². The van der Waals surface area contributed by atoms with Crippen molar-refractivity contribution in [2.24, 2.45) is 0 Å². The average molecular weight is 286 g/mol. The lowest BCUT2D eigenvalue weighted by Gasteiger charge is -2.13. The zero-order valence-electron chi connectivity index (χ0n) is 9.41. The number of fused-ring (bicyclic) bond motifs is 1. The highest BCUT2D eigenvalue weighted by Crippen LogP contribution is 2.26. The van der Waals surface area contributed by atoms with Gasteiger partial charge in [0, 0.05) is 17.6 Å². The van der Waals surface area contributed by atoms with Crippen LogP contribution in [-0.2, 0) is 6.54 Å². The highest BCUT2D eigenvalue weighted by atomic mass is 35.5. The van der Waals surface area contributed by atoms with E-state index < -0.39 is 11.4 Å². The lowest BCUT2D eigenvalue weighted by molar-refractivity contribution is 0.0685. The van der Waals surface area contributed by atoms with Gasteiger partial charge >= 0.3 is 5.97 Å². The molecular weight excluding hydrogens is 277 g/mol. The molecule has 0 amide bonds. The van der Waals surface area contributed by atoms with E-state index in [4.69, 9.17) is 28.3 Å². The van der Waals surface area contributed by atoms with Crippen LogP contribution in [0.3, 0.4) is 0 Å². The van der Waals surface area contributed by atoms with Gasteiger partial charge in [0.25, 0.3) is 0 Å². The fraction of sp³-hybridized carbons (Fsp3) is 0.167. The van der Waals surface area contributed by atoms with Crippen molar-refractivity contribution in [3.05, 3.63) is 44.2 Å². The molecule has 0 saturated heterocycles. The van der Waals surface area contributed by atoms with Crippen molar-refractivity contribution in [1.82, 2.24) is 4.57 Å². The van der Waals surface area contributed by atoms with Crippen molar-refractivity contribution in [2.45, 2.75) is 13.5 Å². The molecule has 2 aromatic rings. The highest BCUT2D eigenvalue weighted by molar-refractivity contribution is 6.38. The quantitative estimate of drug-likeness (QED) is 0.923. The zero-order valence-corrected chi connectivity index (χ0v) is 10.9. The minimum absolute atomic E-state index is 0.0756. The first kappa shape index (κ1) is 12.9. The van der Waals surface area contributed by atoms with Crippen LogP contribution < -0.4 is 5.43 Å². The molecule has 0 bridgehead atoms. The standard InChI is InChI=1S/C12H9Cl2NO3/c1-2-15-8-4-6(13)3-7(14)11(8)10(16)5-9(15)12(17)18/h3-5H,2H2,1H3,(H,17,18). The van der Waals surface area contributed by atoms with Crippen LogP contribution in [0.4, 0.5) is 0 Å². The molecule has 1 aromatic heterocycles. The SMILES string of the molecule is CCn1c(C(=O)O)cc(=O)c2c(Cl)cc(Cl)cc21. The fourth-order valence-corrected chi connectivity index (χ4v) is 2.51. The monoisotopic (exact) mass is 285 g/mol. The van der Waals surface area contributed by atoms with E-state index >= 15 is 0 Å². The maximum absolute atomic E-state index is 11.9. The topological polar surface area (TPSA) is 59.3 Å². The van der Waals surface area contributed by atoms with Crippen LogP contribution in [-0.4, -0.2) is 15.6 Å². The van der Waals surface area contributed by atoms with E-state index in [2.05, 4.69) is 0 Å². The number of rotatable bonds is 2. The Morgan fingerprint density at radius 1 is 1.33 bits per heavy atom. The van der Waals surface area contributed by atoms with Crippen LogP contribution in [0.15, 0.2) is 23.0 Å². The summed E-state index contributed by atoms with van der Waals surface area (Å²) in [6.07, 6.45) is 0. The molecule has 2 rings (SSSR count). The predicted octanol–water partition coefficient (Wildman–Crippen LogP) is 3.03. The minimum Gasteiger partial charge on any atom is -0.477 e. The second-order valence-electron chi connectivity index (χ2n) is 3.72. The summed E-state index contributed by atoms with van der Waals surface area (Å²) in [5, 5.41) is 9.96. The van der Waals surface area contributed by atoms with E-state index in [1.54, 1.807) is 13.0 Å². The van der Waals surface area contributed by atoms with E-state index in [1.165, 1.54) is 10.6 Å². The molecule has 1 N–H and O–H groups in total. The molecule has 0 atom stereocenters. The molecule has 0 fully saturated rings. The Labute approximate surface area is 112 Å². The van der Waals surface area contributed by atoms with Crippen LogP contribution in [0.5, 0.6) is 0 Å². The van der Waals surface area contributed by atoms with Crippen LogP contribution >= 0.6 is 23.2 Å². The largest absolute Gasteiger partial charge is 0.477 e. The molecule has 94 valence electrons. The number of nitrogens with zero attached hydrogens (tertiary/aromatic N) is 1. The number of aromatic carboxylic acids is 1. The first-order chi connectivity index (χ1) is 8.45. The van der Waals surface area contributed by atoms with Crippen LogP contribution in [0.2, 0.25) is 10.0 Å². The van der Waals surface area contributed by atoms with E-state index in [0.717, 1.165) is 6.07 Å². The Hall–Kier alpha value is -1.52. The van der Waals surface area contributed by atoms with Gasteiger partial charge in [-0.15, -0.1) is 0 Å². The van der Waals surface area contributed by atoms with Crippen LogP contribution in [0.1, 0.15) is 17.4 Å². The van der Waals surface area contributed by atoms with Gasteiger partial charge in [-0.05, 0) is 19.1 Å². The number of aryl methyl sites for hydroxylation is 1. The summed E-state index contributed by atoms with van der Waals surface area (Å²) in [5.74, 6) is -1.16. The number of halogens is 2. The Kier molecular flexibility index (Phi) is 3.32. The lowest BCUT2D eigenvalue weighted by Crippen LogP contribution is -2.17. The third-order valence-electron chi connectivity index (χ3n) is 2.67. The van der Waals surface area contributed by atoms with Gasteiger partial charge < -0.3 is 9.67 Å². The number of hydrogen-bond acceptors (Lipinski definition) is 2. The summed E-state index contributed by atoms with van der Waals surface area (Å²) < 4.78 is 1.50. The van der Waals surface area contributed by atoms with Gasteiger partial charge in [0.15, 0.2) is 5.43 Å². The van der Waals surface area contributed by atoms with Crippen molar-refractivity contribution >= 4 is 40.1 Å². The highest BCUT2D eigenvalue weighted by Gasteiger charge is 2.15. The minimum atomic E-state index is -1.16. The molecule has 1 aromatic carbocycles. The van der Waals surface area contributed by atoms with Crippen molar-refractivity contribution in [3.63, 3.8) is 0 Å². The number of carboxylic acids is 1. The zero-order chi connectivity index (χ0) is 13.4. The fourth-order valence-electron chi connectivity index (χ4n) is 1.94. The molecule has 0 aliphatic carbocycles. The van der Waals surface area contributed by atoms with Gasteiger partial charge in [-0.1, -0.05) is 23.2 Å². The molecule has 0 unspecified atom stereocenters. The number of carbonyl (C=O) groups is 1. The molecular formula is C12H9Cl2NO3. The van der Waals surface area contributed by atoms with E-state index in [1.807, 2.05) is 0 Å². The maximum atomic E-state index is 11.9. The Bertz CT molecular complexity index is 707. The maximum Gasteiger partial charge on any atom is 0.352 e. The number of pyridine rings is 1. The summed E-state index contributed by atoms with van der Waals surface area (Å²) in [6, 6.07) is 4.08. The third-order valence-corrected chi connectivity index (χ3v) is 3.18. The van der Waals surface area contributed by atoms with Gasteiger partial charge in [-0.2, -0.15) is 0 Å². The van der Waals surface area contributed by atoms with Gasteiger partial charge in [0.2, 0.25) is 0 Å². The smallest absolute Gasteiger partial charge is 0.352 e. The van der Waals surface area contributed by atoms with Gasteiger partial charge in [0.05, 0.1) is 15.9 Å². The summed E-state index contributed by atoms with van der Waals surface area (Å²) in [5.41, 5.74) is -0.0676. The van der Waals surface area contributed by atoms with Crippen LogP contribution in [0.25, 0.3) is 10.9 Å². The molecule has 4 nitrogen and oxygen atoms in total. The normalized spacial score (nSPS) is 10.8. The molecule has 6 heteroatoms. The van der Waals surface area contributed by atoms with Crippen molar-refractivity contribution in [3.8, 4) is 0 Å². The lowest BCUT2D eigenvalue weighted by atomic mass is 10.1. The Balaban J connectivity index is 3.05. The molecule has 1 heterocycles. The molecule has 0 radical (unpaired) electrons. The van der Waals surface area contributed by atoms with Crippen molar-refractivity contribution in [1.29, 1.82) is 0 Å². The van der Waals surface area contributed by atoms with E-state index in [9.17, 15) is 9.59 Å². The average Bonchev–Trinajstić information content (AvgIpc) is 2.27.